The molecule has 0 saturated heterocycles. The molecule has 2 atom stereocenters. The third-order valence-corrected chi connectivity index (χ3v) is 3.93. The van der Waals surface area contributed by atoms with Gasteiger partial charge in [0.25, 0.3) is 0 Å². The van der Waals surface area contributed by atoms with E-state index in [9.17, 15) is 0 Å². The SMILES string of the molecule is CCNC(c1cccc2ccccc12)C(OCC)C(C)C. The van der Waals surface area contributed by atoms with E-state index >= 15 is 0 Å². The molecule has 0 aliphatic carbocycles. The molecular formula is C19H27NO. The minimum atomic E-state index is 0.181. The van der Waals surface area contributed by atoms with Crippen molar-refractivity contribution < 1.29 is 4.74 Å². The summed E-state index contributed by atoms with van der Waals surface area (Å²) in [6.45, 7) is 10.4. The number of hydrogen-bond acceptors (Lipinski definition) is 2. The summed E-state index contributed by atoms with van der Waals surface area (Å²) in [5, 5.41) is 6.24. The van der Waals surface area contributed by atoms with Crippen LogP contribution in [-0.4, -0.2) is 19.3 Å². The summed E-state index contributed by atoms with van der Waals surface area (Å²) in [6.07, 6.45) is 0.181. The largest absolute Gasteiger partial charge is 0.376 e. The number of likely N-dealkylation sites (N-methyl/N-ethyl adjacent to an activating group) is 1. The lowest BCUT2D eigenvalue weighted by Crippen LogP contribution is -2.37. The standard InChI is InChI=1S/C19H27NO/c1-5-20-18(19(14(3)4)21-6-2)17-13-9-11-15-10-7-8-12-16(15)17/h7-14,18-20H,5-6H2,1-4H3. The van der Waals surface area contributed by atoms with Gasteiger partial charge < -0.3 is 10.1 Å². The molecular weight excluding hydrogens is 258 g/mol. The zero-order valence-corrected chi connectivity index (χ0v) is 13.6. The van der Waals surface area contributed by atoms with Gasteiger partial charge in [-0.25, -0.2) is 0 Å². The third-order valence-electron chi connectivity index (χ3n) is 3.93. The Kier molecular flexibility index (Phi) is 5.77. The first kappa shape index (κ1) is 16.0. The Balaban J connectivity index is 2.48. The van der Waals surface area contributed by atoms with Crippen molar-refractivity contribution in [1.29, 1.82) is 0 Å². The second kappa shape index (κ2) is 7.58. The van der Waals surface area contributed by atoms with Crippen molar-refractivity contribution in [2.45, 2.75) is 39.8 Å². The molecule has 1 N–H and O–H groups in total. The van der Waals surface area contributed by atoms with Crippen LogP contribution < -0.4 is 5.32 Å². The molecule has 0 amide bonds. The average molecular weight is 285 g/mol. The van der Waals surface area contributed by atoms with Gasteiger partial charge in [0.2, 0.25) is 0 Å². The lowest BCUT2D eigenvalue weighted by atomic mass is 9.90. The quantitative estimate of drug-likeness (QED) is 0.805. The fraction of sp³-hybridized carbons (Fsp3) is 0.474. The molecule has 2 nitrogen and oxygen atoms in total. The molecule has 0 heterocycles. The lowest BCUT2D eigenvalue weighted by Gasteiger charge is -2.31. The van der Waals surface area contributed by atoms with E-state index in [0.717, 1.165) is 13.2 Å². The van der Waals surface area contributed by atoms with Gasteiger partial charge in [0.05, 0.1) is 12.1 Å². The van der Waals surface area contributed by atoms with Crippen LogP contribution in [0.4, 0.5) is 0 Å². The molecule has 0 fully saturated rings. The van der Waals surface area contributed by atoms with Gasteiger partial charge in [-0.3, -0.25) is 0 Å². The highest BCUT2D eigenvalue weighted by Crippen LogP contribution is 2.30. The zero-order chi connectivity index (χ0) is 15.2. The maximum absolute atomic E-state index is 6.06. The molecule has 0 aliphatic heterocycles. The zero-order valence-electron chi connectivity index (χ0n) is 13.6. The predicted octanol–water partition coefficient (Wildman–Crippen LogP) is 4.55. The molecule has 0 bridgehead atoms. The van der Waals surface area contributed by atoms with Gasteiger partial charge in [-0.15, -0.1) is 0 Å². The van der Waals surface area contributed by atoms with Crippen molar-refractivity contribution in [1.82, 2.24) is 5.32 Å². The molecule has 0 spiro atoms. The fourth-order valence-corrected chi connectivity index (χ4v) is 3.01. The van der Waals surface area contributed by atoms with Crippen LogP contribution in [0.2, 0.25) is 0 Å². The molecule has 0 radical (unpaired) electrons. The first-order chi connectivity index (χ1) is 10.2. The van der Waals surface area contributed by atoms with E-state index in [1.807, 2.05) is 0 Å². The number of nitrogens with one attached hydrogen (secondary N) is 1. The molecule has 2 unspecified atom stereocenters. The van der Waals surface area contributed by atoms with Gasteiger partial charge in [0.1, 0.15) is 0 Å². The number of fused-ring (bicyclic) bond motifs is 1. The molecule has 0 saturated carbocycles. The number of hydrogen-bond donors (Lipinski definition) is 1. The van der Waals surface area contributed by atoms with Gasteiger partial charge in [-0.2, -0.15) is 0 Å². The molecule has 0 aliphatic rings. The highest BCUT2D eigenvalue weighted by molar-refractivity contribution is 5.86. The van der Waals surface area contributed by atoms with E-state index < -0.39 is 0 Å². The monoisotopic (exact) mass is 285 g/mol. The molecule has 114 valence electrons. The van der Waals surface area contributed by atoms with Crippen molar-refractivity contribution in [2.24, 2.45) is 5.92 Å². The topological polar surface area (TPSA) is 21.3 Å². The van der Waals surface area contributed by atoms with Crippen molar-refractivity contribution in [3.8, 4) is 0 Å². The van der Waals surface area contributed by atoms with Gasteiger partial charge in [0.15, 0.2) is 0 Å². The molecule has 2 aromatic carbocycles. The second-order valence-electron chi connectivity index (χ2n) is 5.77. The van der Waals surface area contributed by atoms with Gasteiger partial charge >= 0.3 is 0 Å². The summed E-state index contributed by atoms with van der Waals surface area (Å²) in [5.41, 5.74) is 1.34. The summed E-state index contributed by atoms with van der Waals surface area (Å²) in [5.74, 6) is 0.466. The minimum absolute atomic E-state index is 0.181. The van der Waals surface area contributed by atoms with Crippen molar-refractivity contribution in [3.63, 3.8) is 0 Å². The van der Waals surface area contributed by atoms with Crippen LogP contribution in [0.5, 0.6) is 0 Å². The van der Waals surface area contributed by atoms with Crippen LogP contribution in [0.25, 0.3) is 10.8 Å². The van der Waals surface area contributed by atoms with E-state index in [1.54, 1.807) is 0 Å². The predicted molar refractivity (Wildman–Crippen MR) is 90.6 cm³/mol. The molecule has 2 aromatic rings. The Labute approximate surface area is 128 Å². The van der Waals surface area contributed by atoms with Crippen LogP contribution in [0.15, 0.2) is 42.5 Å². The van der Waals surface area contributed by atoms with E-state index in [1.165, 1.54) is 16.3 Å². The maximum atomic E-state index is 6.06. The van der Waals surface area contributed by atoms with Crippen LogP contribution in [0, 0.1) is 5.92 Å². The van der Waals surface area contributed by atoms with E-state index in [0.29, 0.717) is 5.92 Å². The van der Waals surface area contributed by atoms with Crippen LogP contribution in [0.3, 0.4) is 0 Å². The van der Waals surface area contributed by atoms with Crippen molar-refractivity contribution in [2.75, 3.05) is 13.2 Å². The Bertz CT molecular complexity index is 559. The third kappa shape index (κ3) is 3.63. The fourth-order valence-electron chi connectivity index (χ4n) is 3.01. The minimum Gasteiger partial charge on any atom is -0.376 e. The summed E-state index contributed by atoms with van der Waals surface area (Å²) in [7, 11) is 0. The average Bonchev–Trinajstić information content (AvgIpc) is 2.50. The van der Waals surface area contributed by atoms with Gasteiger partial charge in [-0.1, -0.05) is 63.2 Å². The maximum Gasteiger partial charge on any atom is 0.0792 e. The smallest absolute Gasteiger partial charge is 0.0792 e. The lowest BCUT2D eigenvalue weighted by molar-refractivity contribution is 0.00351. The summed E-state index contributed by atoms with van der Waals surface area (Å²) >= 11 is 0. The van der Waals surface area contributed by atoms with E-state index in [2.05, 4.69) is 75.5 Å². The number of rotatable bonds is 7. The van der Waals surface area contributed by atoms with Crippen molar-refractivity contribution >= 4 is 10.8 Å². The molecule has 21 heavy (non-hydrogen) atoms. The van der Waals surface area contributed by atoms with Crippen molar-refractivity contribution in [3.05, 3.63) is 48.0 Å². The van der Waals surface area contributed by atoms with Crippen LogP contribution in [0.1, 0.15) is 39.3 Å². The Morgan fingerprint density at radius 3 is 2.38 bits per heavy atom. The van der Waals surface area contributed by atoms with Gasteiger partial charge in [0, 0.05) is 6.61 Å². The normalized spacial score (nSPS) is 14.5. The first-order valence-electron chi connectivity index (χ1n) is 8.01. The van der Waals surface area contributed by atoms with Gasteiger partial charge in [-0.05, 0) is 35.7 Å². The Hall–Kier alpha value is -1.38. The second-order valence-corrected chi connectivity index (χ2v) is 5.77. The van der Waals surface area contributed by atoms with Crippen LogP contribution in [-0.2, 0) is 4.74 Å². The summed E-state index contributed by atoms with van der Waals surface area (Å²) in [6, 6.07) is 15.4. The highest BCUT2D eigenvalue weighted by Gasteiger charge is 2.26. The highest BCUT2D eigenvalue weighted by atomic mass is 16.5. The molecule has 2 rings (SSSR count). The van der Waals surface area contributed by atoms with E-state index in [-0.39, 0.29) is 12.1 Å². The Morgan fingerprint density at radius 2 is 1.71 bits per heavy atom. The van der Waals surface area contributed by atoms with E-state index in [4.69, 9.17) is 4.74 Å². The number of ether oxygens (including phenoxy) is 1. The summed E-state index contributed by atoms with van der Waals surface area (Å²) in [4.78, 5) is 0. The van der Waals surface area contributed by atoms with Crippen LogP contribution >= 0.6 is 0 Å². The molecule has 2 heteroatoms. The molecule has 0 aromatic heterocycles. The Morgan fingerprint density at radius 1 is 1.00 bits per heavy atom. The number of benzene rings is 2. The first-order valence-corrected chi connectivity index (χ1v) is 8.01. The summed E-state index contributed by atoms with van der Waals surface area (Å²) < 4.78 is 6.06.